The molecule has 0 saturated carbocycles. The molecule has 0 aliphatic heterocycles. The lowest BCUT2D eigenvalue weighted by atomic mass is 10.1. The molecule has 0 spiro atoms. The quantitative estimate of drug-likeness (QED) is 0.774. The van der Waals surface area contributed by atoms with E-state index < -0.39 is 0 Å². The van der Waals surface area contributed by atoms with Crippen LogP contribution in [-0.4, -0.2) is 12.4 Å². The second-order valence-corrected chi connectivity index (χ2v) is 4.80. The summed E-state index contributed by atoms with van der Waals surface area (Å²) in [6.07, 6.45) is 0. The number of carbonyl (C=O) groups excluding carboxylic acids is 1. The maximum Gasteiger partial charge on any atom is 0.200 e. The van der Waals surface area contributed by atoms with Crippen molar-refractivity contribution < 1.29 is 9.53 Å². The van der Waals surface area contributed by atoms with E-state index >= 15 is 0 Å². The highest BCUT2D eigenvalue weighted by atomic mass is 16.5. The fourth-order valence-corrected chi connectivity index (χ4v) is 2.07. The van der Waals surface area contributed by atoms with Crippen LogP contribution in [-0.2, 0) is 0 Å². The highest BCUT2D eigenvalue weighted by Gasteiger charge is 2.09. The Balaban J connectivity index is 2.09. The van der Waals surface area contributed by atoms with E-state index in [-0.39, 0.29) is 12.4 Å². The van der Waals surface area contributed by atoms with Crippen LogP contribution in [0, 0.1) is 20.8 Å². The van der Waals surface area contributed by atoms with Crippen LogP contribution in [0.1, 0.15) is 27.0 Å². The predicted molar refractivity (Wildman–Crippen MR) is 76.9 cm³/mol. The zero-order valence-electron chi connectivity index (χ0n) is 11.6. The van der Waals surface area contributed by atoms with Gasteiger partial charge in [0.05, 0.1) is 0 Å². The molecule has 2 heteroatoms. The van der Waals surface area contributed by atoms with Gasteiger partial charge in [-0.3, -0.25) is 4.79 Å². The van der Waals surface area contributed by atoms with Crippen molar-refractivity contribution in [2.75, 3.05) is 6.61 Å². The van der Waals surface area contributed by atoms with Crippen LogP contribution in [0.2, 0.25) is 0 Å². The zero-order chi connectivity index (χ0) is 13.8. The molecule has 0 aliphatic carbocycles. The molecule has 2 rings (SSSR count). The van der Waals surface area contributed by atoms with E-state index in [1.165, 1.54) is 0 Å². The Labute approximate surface area is 114 Å². The number of para-hydroxylation sites is 1. The maximum atomic E-state index is 12.1. The Morgan fingerprint density at radius 3 is 2.26 bits per heavy atom. The van der Waals surface area contributed by atoms with E-state index in [1.54, 1.807) is 0 Å². The molecule has 0 amide bonds. The molecule has 0 aliphatic rings. The third-order valence-corrected chi connectivity index (χ3v) is 3.10. The van der Waals surface area contributed by atoms with Gasteiger partial charge in [0, 0.05) is 5.56 Å². The lowest BCUT2D eigenvalue weighted by Crippen LogP contribution is -2.12. The van der Waals surface area contributed by atoms with Gasteiger partial charge in [-0.2, -0.15) is 0 Å². The lowest BCUT2D eigenvalue weighted by molar-refractivity contribution is 0.0920. The van der Waals surface area contributed by atoms with Gasteiger partial charge in [0.2, 0.25) is 0 Å². The summed E-state index contributed by atoms with van der Waals surface area (Å²) < 4.78 is 5.67. The topological polar surface area (TPSA) is 26.3 Å². The molecular weight excluding hydrogens is 236 g/mol. The normalized spacial score (nSPS) is 10.3. The molecule has 98 valence electrons. The summed E-state index contributed by atoms with van der Waals surface area (Å²) in [6.45, 7) is 6.03. The molecule has 0 saturated heterocycles. The summed E-state index contributed by atoms with van der Waals surface area (Å²) in [5, 5.41) is 0. The number of carbonyl (C=O) groups is 1. The van der Waals surface area contributed by atoms with Crippen LogP contribution in [0.25, 0.3) is 0 Å². The highest BCUT2D eigenvalue weighted by molar-refractivity contribution is 5.97. The van der Waals surface area contributed by atoms with Crippen LogP contribution in [0.3, 0.4) is 0 Å². The van der Waals surface area contributed by atoms with Gasteiger partial charge in [0.15, 0.2) is 12.4 Å². The molecule has 0 unspecified atom stereocenters. The second-order valence-electron chi connectivity index (χ2n) is 4.80. The Hall–Kier alpha value is -2.09. The number of ether oxygens (including phenoxy) is 1. The molecule has 0 atom stereocenters. The predicted octanol–water partition coefficient (Wildman–Crippen LogP) is 3.87. The fraction of sp³-hybridized carbons (Fsp3) is 0.235. The van der Waals surface area contributed by atoms with E-state index in [0.29, 0.717) is 5.56 Å². The number of benzene rings is 2. The number of Topliss-reactive ketones (excluding diaryl/α,β-unsaturated/α-hetero) is 1. The number of ketones is 1. The monoisotopic (exact) mass is 254 g/mol. The smallest absolute Gasteiger partial charge is 0.200 e. The van der Waals surface area contributed by atoms with Crippen molar-refractivity contribution in [1.29, 1.82) is 0 Å². The molecule has 0 radical (unpaired) electrons. The molecular formula is C17H18O2. The van der Waals surface area contributed by atoms with Crippen molar-refractivity contribution in [1.82, 2.24) is 0 Å². The summed E-state index contributed by atoms with van der Waals surface area (Å²) in [7, 11) is 0. The SMILES string of the molecule is Cc1cccc(C(=O)COc2c(C)cccc2C)c1. The van der Waals surface area contributed by atoms with Crippen LogP contribution >= 0.6 is 0 Å². The molecule has 0 heterocycles. The molecule has 0 fully saturated rings. The Bertz CT molecular complexity index is 580. The first-order chi connectivity index (χ1) is 9.08. The molecule has 0 N–H and O–H groups in total. The van der Waals surface area contributed by atoms with Crippen molar-refractivity contribution in [2.45, 2.75) is 20.8 Å². The second kappa shape index (κ2) is 5.70. The largest absolute Gasteiger partial charge is 0.485 e. The van der Waals surface area contributed by atoms with Crippen molar-refractivity contribution in [3.63, 3.8) is 0 Å². The summed E-state index contributed by atoms with van der Waals surface area (Å²) in [6, 6.07) is 13.5. The van der Waals surface area contributed by atoms with Crippen molar-refractivity contribution in [2.24, 2.45) is 0 Å². The summed E-state index contributed by atoms with van der Waals surface area (Å²) in [4.78, 5) is 12.1. The van der Waals surface area contributed by atoms with E-state index in [2.05, 4.69) is 0 Å². The number of hydrogen-bond acceptors (Lipinski definition) is 2. The molecule has 2 aromatic rings. The first kappa shape index (κ1) is 13.3. The maximum absolute atomic E-state index is 12.1. The Morgan fingerprint density at radius 1 is 1.00 bits per heavy atom. The standard InChI is InChI=1S/C17H18O2/c1-12-6-4-9-15(10-12)16(18)11-19-17-13(2)7-5-8-14(17)3/h4-10H,11H2,1-3H3. The van der Waals surface area contributed by atoms with Gasteiger partial charge < -0.3 is 4.74 Å². The van der Waals surface area contributed by atoms with Gasteiger partial charge in [-0.1, -0.05) is 42.0 Å². The molecule has 19 heavy (non-hydrogen) atoms. The Kier molecular flexibility index (Phi) is 4.00. The minimum atomic E-state index is 0.00588. The summed E-state index contributed by atoms with van der Waals surface area (Å²) >= 11 is 0. The molecule has 0 bridgehead atoms. The van der Waals surface area contributed by atoms with E-state index in [1.807, 2.05) is 63.2 Å². The molecule has 2 aromatic carbocycles. The van der Waals surface area contributed by atoms with Gasteiger partial charge in [-0.15, -0.1) is 0 Å². The zero-order valence-corrected chi connectivity index (χ0v) is 11.6. The fourth-order valence-electron chi connectivity index (χ4n) is 2.07. The number of rotatable bonds is 4. The van der Waals surface area contributed by atoms with Gasteiger partial charge in [-0.05, 0) is 38.0 Å². The third-order valence-electron chi connectivity index (χ3n) is 3.10. The van der Waals surface area contributed by atoms with E-state index in [0.717, 1.165) is 22.4 Å². The van der Waals surface area contributed by atoms with Crippen LogP contribution in [0.5, 0.6) is 5.75 Å². The average Bonchev–Trinajstić information content (AvgIpc) is 2.38. The molecule has 2 nitrogen and oxygen atoms in total. The lowest BCUT2D eigenvalue weighted by Gasteiger charge is -2.11. The number of hydrogen-bond donors (Lipinski definition) is 0. The highest BCUT2D eigenvalue weighted by Crippen LogP contribution is 2.22. The van der Waals surface area contributed by atoms with Crippen molar-refractivity contribution >= 4 is 5.78 Å². The minimum Gasteiger partial charge on any atom is -0.485 e. The van der Waals surface area contributed by atoms with Gasteiger partial charge in [0.25, 0.3) is 0 Å². The first-order valence-electron chi connectivity index (χ1n) is 6.37. The van der Waals surface area contributed by atoms with Crippen LogP contribution in [0.4, 0.5) is 0 Å². The minimum absolute atomic E-state index is 0.00588. The third kappa shape index (κ3) is 3.22. The first-order valence-corrected chi connectivity index (χ1v) is 6.37. The van der Waals surface area contributed by atoms with Gasteiger partial charge in [-0.25, -0.2) is 0 Å². The van der Waals surface area contributed by atoms with Gasteiger partial charge >= 0.3 is 0 Å². The molecule has 0 aromatic heterocycles. The Morgan fingerprint density at radius 2 is 1.63 bits per heavy atom. The number of aryl methyl sites for hydroxylation is 3. The van der Waals surface area contributed by atoms with Crippen LogP contribution in [0.15, 0.2) is 42.5 Å². The van der Waals surface area contributed by atoms with Gasteiger partial charge in [0.1, 0.15) is 5.75 Å². The van der Waals surface area contributed by atoms with E-state index in [9.17, 15) is 4.79 Å². The van der Waals surface area contributed by atoms with Crippen molar-refractivity contribution in [3.05, 3.63) is 64.7 Å². The summed E-state index contributed by atoms with van der Waals surface area (Å²) in [5.74, 6) is 0.815. The summed E-state index contributed by atoms with van der Waals surface area (Å²) in [5.41, 5.74) is 3.89. The average molecular weight is 254 g/mol. The van der Waals surface area contributed by atoms with E-state index in [4.69, 9.17) is 4.74 Å². The van der Waals surface area contributed by atoms with Crippen LogP contribution < -0.4 is 4.74 Å². The van der Waals surface area contributed by atoms with Crippen molar-refractivity contribution in [3.8, 4) is 5.75 Å².